The van der Waals surface area contributed by atoms with Crippen molar-refractivity contribution < 1.29 is 0 Å². The molecule has 1 heterocycles. The smallest absolute Gasteiger partial charge is 0.0334 e. The van der Waals surface area contributed by atoms with Crippen molar-refractivity contribution in [3.63, 3.8) is 0 Å². The van der Waals surface area contributed by atoms with Gasteiger partial charge in [-0.25, -0.2) is 0 Å². The highest BCUT2D eigenvalue weighted by Gasteiger charge is 2.31. The molecule has 0 aromatic carbocycles. The molecule has 0 aliphatic heterocycles. The van der Waals surface area contributed by atoms with Crippen LogP contribution in [0.1, 0.15) is 38.0 Å². The molecule has 96 valence electrons. The number of rotatable bonds is 8. The quantitative estimate of drug-likeness (QED) is 0.715. The molecule has 2 nitrogen and oxygen atoms in total. The Balaban J connectivity index is 1.83. The van der Waals surface area contributed by atoms with Crippen molar-refractivity contribution in [3.05, 3.63) is 22.4 Å². The first-order valence-electron chi connectivity index (χ1n) is 6.80. The maximum absolute atomic E-state index is 3.54. The van der Waals surface area contributed by atoms with E-state index < -0.39 is 0 Å². The van der Waals surface area contributed by atoms with E-state index in [0.717, 1.165) is 25.7 Å². The van der Waals surface area contributed by atoms with Crippen LogP contribution >= 0.6 is 11.3 Å². The van der Waals surface area contributed by atoms with Gasteiger partial charge in [0.15, 0.2) is 0 Å². The Morgan fingerprint density at radius 3 is 2.94 bits per heavy atom. The van der Waals surface area contributed by atoms with Crippen LogP contribution in [0.15, 0.2) is 17.5 Å². The molecule has 1 aromatic heterocycles. The number of hydrogen-bond acceptors (Lipinski definition) is 3. The Morgan fingerprint density at radius 1 is 1.53 bits per heavy atom. The zero-order valence-electron chi connectivity index (χ0n) is 11.0. The minimum absolute atomic E-state index is 0.649. The van der Waals surface area contributed by atoms with Gasteiger partial charge in [0.1, 0.15) is 0 Å². The van der Waals surface area contributed by atoms with Crippen molar-refractivity contribution in [2.45, 2.75) is 51.7 Å². The second kappa shape index (κ2) is 6.53. The van der Waals surface area contributed by atoms with E-state index in [0.29, 0.717) is 6.04 Å². The van der Waals surface area contributed by atoms with Gasteiger partial charge in [0.2, 0.25) is 0 Å². The highest BCUT2D eigenvalue weighted by Crippen LogP contribution is 2.30. The van der Waals surface area contributed by atoms with E-state index in [2.05, 4.69) is 41.6 Å². The summed E-state index contributed by atoms with van der Waals surface area (Å²) in [5.74, 6) is 0. The molecule has 1 atom stereocenters. The molecule has 0 amide bonds. The largest absolute Gasteiger partial charge is 0.315 e. The lowest BCUT2D eigenvalue weighted by Gasteiger charge is -2.29. The maximum Gasteiger partial charge on any atom is 0.0334 e. The van der Waals surface area contributed by atoms with Crippen LogP contribution in [0.25, 0.3) is 0 Å². The predicted molar refractivity (Wildman–Crippen MR) is 75.5 cm³/mol. The van der Waals surface area contributed by atoms with Crippen LogP contribution in [0.3, 0.4) is 0 Å². The van der Waals surface area contributed by atoms with Crippen molar-refractivity contribution in [2.75, 3.05) is 13.1 Å². The summed E-state index contributed by atoms with van der Waals surface area (Å²) in [4.78, 5) is 4.17. The van der Waals surface area contributed by atoms with E-state index in [1.807, 2.05) is 11.3 Å². The van der Waals surface area contributed by atoms with Crippen LogP contribution in [0.2, 0.25) is 0 Å². The van der Waals surface area contributed by atoms with E-state index in [9.17, 15) is 0 Å². The van der Waals surface area contributed by atoms with Gasteiger partial charge in [0.05, 0.1) is 0 Å². The zero-order valence-corrected chi connectivity index (χ0v) is 11.8. The molecule has 1 aliphatic carbocycles. The predicted octanol–water partition coefficient (Wildman–Crippen LogP) is 3.10. The lowest BCUT2D eigenvalue weighted by atomic mass is 10.2. The van der Waals surface area contributed by atoms with E-state index in [1.165, 1.54) is 24.1 Å². The van der Waals surface area contributed by atoms with Gasteiger partial charge in [-0.1, -0.05) is 13.0 Å². The summed E-state index contributed by atoms with van der Waals surface area (Å²) < 4.78 is 0. The topological polar surface area (TPSA) is 15.3 Å². The normalized spacial score (nSPS) is 17.6. The molecular weight excluding hydrogens is 228 g/mol. The molecule has 0 bridgehead atoms. The SMILES string of the molecule is CCCNCC(C)N(Cc1cccs1)C1CC1. The standard InChI is InChI=1S/C14H24N2S/c1-3-8-15-10-12(2)16(13-6-7-13)11-14-5-4-9-17-14/h4-5,9,12-13,15H,3,6-8,10-11H2,1-2H3. The summed E-state index contributed by atoms with van der Waals surface area (Å²) in [5.41, 5.74) is 0. The summed E-state index contributed by atoms with van der Waals surface area (Å²) >= 11 is 1.88. The highest BCUT2D eigenvalue weighted by molar-refractivity contribution is 7.09. The van der Waals surface area contributed by atoms with Crippen molar-refractivity contribution in [1.29, 1.82) is 0 Å². The third-order valence-corrected chi connectivity index (χ3v) is 4.23. The molecule has 0 radical (unpaired) electrons. The van der Waals surface area contributed by atoms with E-state index in [1.54, 1.807) is 0 Å². The average molecular weight is 252 g/mol. The van der Waals surface area contributed by atoms with Gasteiger partial charge in [-0.2, -0.15) is 0 Å². The van der Waals surface area contributed by atoms with Crippen LogP contribution in [0.5, 0.6) is 0 Å². The molecule has 2 rings (SSSR count). The molecule has 0 saturated heterocycles. The fourth-order valence-electron chi connectivity index (χ4n) is 2.24. The zero-order chi connectivity index (χ0) is 12.1. The van der Waals surface area contributed by atoms with Gasteiger partial charge in [-0.3, -0.25) is 4.90 Å². The molecule has 1 N–H and O–H groups in total. The summed E-state index contributed by atoms with van der Waals surface area (Å²) in [6.45, 7) is 7.98. The lowest BCUT2D eigenvalue weighted by molar-refractivity contribution is 0.187. The van der Waals surface area contributed by atoms with Crippen molar-refractivity contribution in [2.24, 2.45) is 0 Å². The van der Waals surface area contributed by atoms with Crippen molar-refractivity contribution in [1.82, 2.24) is 10.2 Å². The summed E-state index contributed by atoms with van der Waals surface area (Å²) in [6, 6.07) is 5.91. The second-order valence-electron chi connectivity index (χ2n) is 5.04. The fraction of sp³-hybridized carbons (Fsp3) is 0.714. The van der Waals surface area contributed by atoms with Gasteiger partial charge in [-0.15, -0.1) is 11.3 Å². The Morgan fingerprint density at radius 2 is 2.35 bits per heavy atom. The summed E-state index contributed by atoms with van der Waals surface area (Å²) in [5, 5.41) is 5.72. The second-order valence-corrected chi connectivity index (χ2v) is 6.07. The van der Waals surface area contributed by atoms with Crippen LogP contribution in [-0.4, -0.2) is 30.1 Å². The van der Waals surface area contributed by atoms with Gasteiger partial charge in [-0.05, 0) is 44.2 Å². The number of thiophene rings is 1. The number of nitrogens with zero attached hydrogens (tertiary/aromatic N) is 1. The Labute approximate surface area is 109 Å². The molecule has 1 unspecified atom stereocenters. The monoisotopic (exact) mass is 252 g/mol. The van der Waals surface area contributed by atoms with Crippen LogP contribution in [-0.2, 0) is 6.54 Å². The van der Waals surface area contributed by atoms with Crippen LogP contribution in [0, 0.1) is 0 Å². The Bertz CT molecular complexity index is 306. The maximum atomic E-state index is 3.54. The van der Waals surface area contributed by atoms with Gasteiger partial charge >= 0.3 is 0 Å². The fourth-order valence-corrected chi connectivity index (χ4v) is 2.95. The third kappa shape index (κ3) is 4.09. The van der Waals surface area contributed by atoms with Crippen molar-refractivity contribution >= 4 is 11.3 Å². The van der Waals surface area contributed by atoms with E-state index in [-0.39, 0.29) is 0 Å². The van der Waals surface area contributed by atoms with E-state index >= 15 is 0 Å². The highest BCUT2D eigenvalue weighted by atomic mass is 32.1. The molecular formula is C14H24N2S. The van der Waals surface area contributed by atoms with Crippen LogP contribution in [0.4, 0.5) is 0 Å². The van der Waals surface area contributed by atoms with Crippen LogP contribution < -0.4 is 5.32 Å². The molecule has 1 fully saturated rings. The number of hydrogen-bond donors (Lipinski definition) is 1. The molecule has 1 aliphatic rings. The van der Waals surface area contributed by atoms with Gasteiger partial charge in [0.25, 0.3) is 0 Å². The minimum Gasteiger partial charge on any atom is -0.315 e. The third-order valence-electron chi connectivity index (χ3n) is 3.37. The molecule has 1 aromatic rings. The Kier molecular flexibility index (Phi) is 5.01. The van der Waals surface area contributed by atoms with E-state index in [4.69, 9.17) is 0 Å². The van der Waals surface area contributed by atoms with Gasteiger partial charge in [0, 0.05) is 30.1 Å². The summed E-state index contributed by atoms with van der Waals surface area (Å²) in [6.07, 6.45) is 4.01. The molecule has 17 heavy (non-hydrogen) atoms. The lowest BCUT2D eigenvalue weighted by Crippen LogP contribution is -2.41. The first-order valence-corrected chi connectivity index (χ1v) is 7.68. The first-order chi connectivity index (χ1) is 8.31. The number of nitrogens with one attached hydrogen (secondary N) is 1. The molecule has 0 spiro atoms. The average Bonchev–Trinajstić information content (AvgIpc) is 3.03. The molecule has 1 saturated carbocycles. The van der Waals surface area contributed by atoms with Crippen molar-refractivity contribution in [3.8, 4) is 0 Å². The minimum atomic E-state index is 0.649. The Hall–Kier alpha value is -0.380. The first kappa shape index (κ1) is 13.1. The van der Waals surface area contributed by atoms with Gasteiger partial charge < -0.3 is 5.32 Å². The molecule has 3 heteroatoms. The summed E-state index contributed by atoms with van der Waals surface area (Å²) in [7, 11) is 0.